The Morgan fingerprint density at radius 1 is 1.00 bits per heavy atom. The molecule has 5 heteroatoms. The van der Waals surface area contributed by atoms with Crippen LogP contribution >= 0.6 is 23.2 Å². The second kappa shape index (κ2) is 10.0. The van der Waals surface area contributed by atoms with Crippen molar-refractivity contribution in [2.45, 2.75) is 26.4 Å². The topological polar surface area (TPSA) is 43.4 Å². The summed E-state index contributed by atoms with van der Waals surface area (Å²) in [6.45, 7) is 3.61. The molecule has 23 heavy (non-hydrogen) atoms. The highest BCUT2D eigenvalue weighted by Gasteiger charge is 2.10. The van der Waals surface area contributed by atoms with Crippen molar-refractivity contribution >= 4 is 33.7 Å². The average molecular weight is 353 g/mol. The van der Waals surface area contributed by atoms with E-state index in [1.807, 2.05) is 43.3 Å². The molecule has 1 atom stereocenters. The van der Waals surface area contributed by atoms with Crippen molar-refractivity contribution in [3.8, 4) is 5.75 Å². The second-order valence-corrected chi connectivity index (χ2v) is 5.38. The Balaban J connectivity index is 0.000000231. The number of hydrogen-bond donors (Lipinski definition) is 0. The number of benzene rings is 2. The Bertz CT molecular complexity index is 642. The first-order chi connectivity index (χ1) is 11.0. The van der Waals surface area contributed by atoms with Crippen LogP contribution in [0, 0.1) is 0 Å². The molecule has 0 aromatic heterocycles. The van der Waals surface area contributed by atoms with Gasteiger partial charge in [0.15, 0.2) is 6.10 Å². The molecule has 0 aliphatic carbocycles. The molecule has 0 aliphatic heterocycles. The molecule has 0 spiro atoms. The highest BCUT2D eigenvalue weighted by molar-refractivity contribution is 6.67. The van der Waals surface area contributed by atoms with Gasteiger partial charge in [0.1, 0.15) is 5.75 Å². The molecule has 122 valence electrons. The van der Waals surface area contributed by atoms with Gasteiger partial charge in [0, 0.05) is 5.56 Å². The van der Waals surface area contributed by atoms with Gasteiger partial charge in [-0.25, -0.2) is 0 Å². The van der Waals surface area contributed by atoms with Gasteiger partial charge in [0.2, 0.25) is 0 Å². The lowest BCUT2D eigenvalue weighted by Gasteiger charge is -2.09. The van der Waals surface area contributed by atoms with Crippen LogP contribution in [0.2, 0.25) is 0 Å². The number of para-hydroxylation sites is 1. The van der Waals surface area contributed by atoms with E-state index in [0.717, 1.165) is 12.0 Å². The zero-order valence-electron chi connectivity index (χ0n) is 13.0. The van der Waals surface area contributed by atoms with Crippen LogP contribution in [0.4, 0.5) is 0 Å². The minimum atomic E-state index is -0.589. The second-order valence-electron chi connectivity index (χ2n) is 4.66. The fraction of sp³-hybridized carbons (Fsp3) is 0.222. The van der Waals surface area contributed by atoms with Crippen molar-refractivity contribution in [1.82, 2.24) is 0 Å². The first-order valence-corrected chi connectivity index (χ1v) is 7.90. The summed E-state index contributed by atoms with van der Waals surface area (Å²) in [6.07, 6.45) is 0.253. The van der Waals surface area contributed by atoms with Gasteiger partial charge in [-0.05, 0) is 60.3 Å². The Morgan fingerprint density at radius 3 is 2.04 bits per heavy atom. The van der Waals surface area contributed by atoms with Gasteiger partial charge in [-0.3, -0.25) is 9.59 Å². The molecule has 3 nitrogen and oxygen atoms in total. The zero-order chi connectivity index (χ0) is 17.2. The molecule has 2 rings (SSSR count). The molecule has 0 radical (unpaired) electrons. The normalized spacial score (nSPS) is 11.0. The molecule has 0 N–H and O–H groups in total. The summed E-state index contributed by atoms with van der Waals surface area (Å²) in [7, 11) is 0. The Labute approximate surface area is 146 Å². The highest BCUT2D eigenvalue weighted by Crippen LogP contribution is 2.12. The molecular weight excluding hydrogens is 335 g/mol. The lowest BCUT2D eigenvalue weighted by atomic mass is 10.1. The zero-order valence-corrected chi connectivity index (χ0v) is 14.5. The van der Waals surface area contributed by atoms with Crippen molar-refractivity contribution in [3.63, 3.8) is 0 Å². The quantitative estimate of drug-likeness (QED) is 0.722. The van der Waals surface area contributed by atoms with Crippen LogP contribution in [-0.2, 0) is 11.2 Å². The van der Waals surface area contributed by atoms with E-state index in [-0.39, 0.29) is 5.24 Å². The molecule has 2 aromatic rings. The number of hydrogen-bond acceptors (Lipinski definition) is 3. The van der Waals surface area contributed by atoms with E-state index in [2.05, 4.69) is 0 Å². The summed E-state index contributed by atoms with van der Waals surface area (Å²) >= 11 is 10.6. The summed E-state index contributed by atoms with van der Waals surface area (Å²) < 4.78 is 5.19. The molecular formula is C18H18Cl2O3. The number of halogens is 2. The fourth-order valence-corrected chi connectivity index (χ4v) is 2.00. The van der Waals surface area contributed by atoms with Crippen LogP contribution in [0.5, 0.6) is 5.75 Å². The number of rotatable bonds is 5. The molecule has 0 aliphatic rings. The Morgan fingerprint density at radius 2 is 1.57 bits per heavy atom. The van der Waals surface area contributed by atoms with E-state index in [1.165, 1.54) is 0 Å². The lowest BCUT2D eigenvalue weighted by Crippen LogP contribution is -2.18. The molecule has 0 fully saturated rings. The van der Waals surface area contributed by atoms with Gasteiger partial charge in [-0.1, -0.05) is 43.3 Å². The standard InChI is InChI=1S/C9H9ClO2.C9H9ClO/c1-7(9(10)11)12-8-5-3-2-4-6-8;1-2-7-5-3-4-6-8(7)9(10)11/h2-7H,1H3;3-6H,2H2,1H3. The summed E-state index contributed by atoms with van der Waals surface area (Å²) in [5.74, 6) is 0.652. The van der Waals surface area contributed by atoms with Gasteiger partial charge in [-0.15, -0.1) is 0 Å². The van der Waals surface area contributed by atoms with Crippen molar-refractivity contribution in [2.75, 3.05) is 0 Å². The van der Waals surface area contributed by atoms with E-state index in [1.54, 1.807) is 25.1 Å². The third-order valence-corrected chi connectivity index (χ3v) is 3.50. The first kappa shape index (κ1) is 19.2. The van der Waals surface area contributed by atoms with Gasteiger partial charge < -0.3 is 4.74 Å². The van der Waals surface area contributed by atoms with Crippen LogP contribution in [-0.4, -0.2) is 16.6 Å². The highest BCUT2D eigenvalue weighted by atomic mass is 35.5. The maximum absolute atomic E-state index is 10.8. The lowest BCUT2D eigenvalue weighted by molar-refractivity contribution is -0.117. The number of carbonyl (C=O) groups excluding carboxylic acids is 2. The minimum absolute atomic E-state index is 0.373. The average Bonchev–Trinajstić information content (AvgIpc) is 2.56. The molecule has 2 aromatic carbocycles. The fourth-order valence-electron chi connectivity index (χ4n) is 1.77. The van der Waals surface area contributed by atoms with Gasteiger partial charge in [0.25, 0.3) is 10.5 Å². The molecule has 0 saturated heterocycles. The third kappa shape index (κ3) is 6.85. The molecule has 0 heterocycles. The SMILES string of the molecule is CC(Oc1ccccc1)C(=O)Cl.CCc1ccccc1C(=O)Cl. The summed E-state index contributed by atoms with van der Waals surface area (Å²) in [4.78, 5) is 21.4. The Hall–Kier alpha value is -1.84. The predicted octanol–water partition coefficient (Wildman–Crippen LogP) is 4.85. The summed E-state index contributed by atoms with van der Waals surface area (Å²) in [5.41, 5.74) is 1.63. The van der Waals surface area contributed by atoms with Crippen LogP contribution in [0.25, 0.3) is 0 Å². The third-order valence-electron chi connectivity index (χ3n) is 2.99. The largest absolute Gasteiger partial charge is 0.482 e. The van der Waals surface area contributed by atoms with E-state index >= 15 is 0 Å². The Kier molecular flexibility index (Phi) is 8.38. The van der Waals surface area contributed by atoms with Crippen molar-refractivity contribution < 1.29 is 14.3 Å². The van der Waals surface area contributed by atoms with Crippen molar-refractivity contribution in [3.05, 3.63) is 65.7 Å². The summed E-state index contributed by atoms with van der Waals surface area (Å²) in [5, 5.41) is -0.860. The van der Waals surface area contributed by atoms with E-state index in [0.29, 0.717) is 11.3 Å². The van der Waals surface area contributed by atoms with E-state index in [4.69, 9.17) is 27.9 Å². The monoisotopic (exact) mass is 352 g/mol. The number of carbonyl (C=O) groups is 2. The molecule has 1 unspecified atom stereocenters. The van der Waals surface area contributed by atoms with E-state index < -0.39 is 11.3 Å². The van der Waals surface area contributed by atoms with Crippen LogP contribution in [0.15, 0.2) is 54.6 Å². The van der Waals surface area contributed by atoms with Gasteiger partial charge in [-0.2, -0.15) is 0 Å². The summed E-state index contributed by atoms with van der Waals surface area (Å²) in [6, 6.07) is 16.5. The number of ether oxygens (including phenoxy) is 1. The van der Waals surface area contributed by atoms with Gasteiger partial charge >= 0.3 is 0 Å². The van der Waals surface area contributed by atoms with Crippen LogP contribution in [0.1, 0.15) is 29.8 Å². The van der Waals surface area contributed by atoms with Crippen molar-refractivity contribution in [1.29, 1.82) is 0 Å². The predicted molar refractivity (Wildman–Crippen MR) is 93.4 cm³/mol. The smallest absolute Gasteiger partial charge is 0.262 e. The first-order valence-electron chi connectivity index (χ1n) is 7.14. The molecule has 0 saturated carbocycles. The number of aryl methyl sites for hydroxylation is 1. The van der Waals surface area contributed by atoms with Crippen LogP contribution < -0.4 is 4.74 Å². The molecule has 0 bridgehead atoms. The van der Waals surface area contributed by atoms with Crippen LogP contribution in [0.3, 0.4) is 0 Å². The van der Waals surface area contributed by atoms with E-state index in [9.17, 15) is 9.59 Å². The maximum Gasteiger partial charge on any atom is 0.262 e. The maximum atomic E-state index is 10.8. The minimum Gasteiger partial charge on any atom is -0.482 e. The van der Waals surface area contributed by atoms with Crippen molar-refractivity contribution in [2.24, 2.45) is 0 Å². The molecule has 0 amide bonds. The van der Waals surface area contributed by atoms with Gasteiger partial charge in [0.05, 0.1) is 0 Å².